The minimum atomic E-state index is -0.266. The van der Waals surface area contributed by atoms with E-state index in [1.54, 1.807) is 24.5 Å². The van der Waals surface area contributed by atoms with Crippen molar-refractivity contribution in [2.45, 2.75) is 13.3 Å². The summed E-state index contributed by atoms with van der Waals surface area (Å²) in [6.45, 7) is 2.10. The van der Waals surface area contributed by atoms with Crippen LogP contribution in [-0.2, 0) is 6.42 Å². The van der Waals surface area contributed by atoms with Crippen LogP contribution in [-0.4, -0.2) is 12.1 Å². The molecule has 3 nitrogen and oxygen atoms in total. The maximum absolute atomic E-state index is 13.3. The second kappa shape index (κ2) is 6.79. The quantitative estimate of drug-likeness (QED) is 0.693. The number of hydrogen-bond acceptors (Lipinski definition) is 4. The first-order valence-electron chi connectivity index (χ1n) is 7.36. The summed E-state index contributed by atoms with van der Waals surface area (Å²) in [6, 6.07) is 14.2. The summed E-state index contributed by atoms with van der Waals surface area (Å²) in [5.74, 6) is 0.554. The van der Waals surface area contributed by atoms with Gasteiger partial charge in [-0.05, 0) is 48.9 Å². The monoisotopic (exact) mass is 328 g/mol. The van der Waals surface area contributed by atoms with E-state index in [-0.39, 0.29) is 5.82 Å². The van der Waals surface area contributed by atoms with Gasteiger partial charge in [0.25, 0.3) is 0 Å². The largest absolute Gasteiger partial charge is 0.497 e. The van der Waals surface area contributed by atoms with Crippen molar-refractivity contribution >= 4 is 22.2 Å². The molecular formula is C18H17FN2OS. The molecule has 0 aliphatic carbocycles. The van der Waals surface area contributed by atoms with Gasteiger partial charge in [-0.25, -0.2) is 9.37 Å². The van der Waals surface area contributed by atoms with E-state index in [9.17, 15) is 4.39 Å². The van der Waals surface area contributed by atoms with E-state index in [2.05, 4.69) is 17.2 Å². The molecule has 3 rings (SSSR count). The second-order valence-corrected chi connectivity index (χ2v) is 6.09. The van der Waals surface area contributed by atoms with E-state index in [0.717, 1.165) is 28.6 Å². The van der Waals surface area contributed by atoms with Crippen LogP contribution in [0.2, 0.25) is 0 Å². The number of aromatic nitrogens is 1. The summed E-state index contributed by atoms with van der Waals surface area (Å²) >= 11 is 1.59. The SMILES string of the molecule is CCc1sc(Nc2cccc(F)c2)nc1-c1ccc(OC)cc1. The normalized spacial score (nSPS) is 10.6. The highest BCUT2D eigenvalue weighted by atomic mass is 32.1. The van der Waals surface area contributed by atoms with Gasteiger partial charge in [0.1, 0.15) is 11.6 Å². The molecule has 0 aliphatic rings. The molecular weight excluding hydrogens is 311 g/mol. The van der Waals surface area contributed by atoms with Crippen LogP contribution in [0.3, 0.4) is 0 Å². The predicted octanol–water partition coefficient (Wildman–Crippen LogP) is 5.26. The first-order chi connectivity index (χ1) is 11.2. The van der Waals surface area contributed by atoms with Gasteiger partial charge >= 0.3 is 0 Å². The lowest BCUT2D eigenvalue weighted by atomic mass is 10.1. The summed E-state index contributed by atoms with van der Waals surface area (Å²) in [7, 11) is 1.65. The zero-order chi connectivity index (χ0) is 16.2. The highest BCUT2D eigenvalue weighted by Crippen LogP contribution is 2.33. The fourth-order valence-electron chi connectivity index (χ4n) is 2.31. The van der Waals surface area contributed by atoms with Crippen molar-refractivity contribution in [1.29, 1.82) is 0 Å². The Morgan fingerprint density at radius 2 is 1.96 bits per heavy atom. The zero-order valence-electron chi connectivity index (χ0n) is 13.0. The van der Waals surface area contributed by atoms with E-state index in [1.165, 1.54) is 17.0 Å². The van der Waals surface area contributed by atoms with E-state index in [4.69, 9.17) is 4.74 Å². The molecule has 0 saturated carbocycles. The van der Waals surface area contributed by atoms with Gasteiger partial charge in [0.05, 0.1) is 12.8 Å². The molecule has 0 saturated heterocycles. The molecule has 0 amide bonds. The third-order valence-electron chi connectivity index (χ3n) is 3.46. The van der Waals surface area contributed by atoms with Gasteiger partial charge in [0, 0.05) is 16.1 Å². The zero-order valence-corrected chi connectivity index (χ0v) is 13.8. The lowest BCUT2D eigenvalue weighted by molar-refractivity contribution is 0.415. The standard InChI is InChI=1S/C18H17FN2OS/c1-3-16-17(12-7-9-15(22-2)10-8-12)21-18(23-16)20-14-6-4-5-13(19)11-14/h4-11H,3H2,1-2H3,(H,20,21). The molecule has 3 aromatic rings. The number of aryl methyl sites for hydroxylation is 1. The Balaban J connectivity index is 1.90. The summed E-state index contributed by atoms with van der Waals surface area (Å²) in [4.78, 5) is 5.86. The van der Waals surface area contributed by atoms with Crippen molar-refractivity contribution in [2.24, 2.45) is 0 Å². The number of methoxy groups -OCH3 is 1. The molecule has 0 spiro atoms. The highest BCUT2D eigenvalue weighted by Gasteiger charge is 2.12. The molecule has 0 atom stereocenters. The number of thiazole rings is 1. The molecule has 1 N–H and O–H groups in total. The smallest absolute Gasteiger partial charge is 0.187 e. The third kappa shape index (κ3) is 3.51. The molecule has 0 aliphatic heterocycles. The third-order valence-corrected chi connectivity index (χ3v) is 4.57. The van der Waals surface area contributed by atoms with Gasteiger partial charge in [-0.2, -0.15) is 0 Å². The van der Waals surface area contributed by atoms with Crippen LogP contribution >= 0.6 is 11.3 Å². The lowest BCUT2D eigenvalue weighted by Crippen LogP contribution is -1.90. The Bertz CT molecular complexity index is 799. The van der Waals surface area contributed by atoms with Crippen molar-refractivity contribution < 1.29 is 9.13 Å². The van der Waals surface area contributed by atoms with Crippen LogP contribution < -0.4 is 10.1 Å². The number of rotatable bonds is 5. The average Bonchev–Trinajstić information content (AvgIpc) is 2.98. The fraction of sp³-hybridized carbons (Fsp3) is 0.167. The van der Waals surface area contributed by atoms with Gasteiger partial charge in [-0.3, -0.25) is 0 Å². The number of hydrogen-bond donors (Lipinski definition) is 1. The van der Waals surface area contributed by atoms with Crippen molar-refractivity contribution in [1.82, 2.24) is 4.98 Å². The number of halogens is 1. The van der Waals surface area contributed by atoms with E-state index in [1.807, 2.05) is 30.3 Å². The molecule has 1 heterocycles. The van der Waals surface area contributed by atoms with Crippen LogP contribution in [0.5, 0.6) is 5.75 Å². The molecule has 2 aromatic carbocycles. The molecule has 0 bridgehead atoms. The minimum Gasteiger partial charge on any atom is -0.497 e. The fourth-order valence-corrected chi connectivity index (χ4v) is 3.25. The van der Waals surface area contributed by atoms with E-state index in [0.29, 0.717) is 5.69 Å². The van der Waals surface area contributed by atoms with Crippen LogP contribution in [0.15, 0.2) is 48.5 Å². The maximum atomic E-state index is 13.3. The Kier molecular flexibility index (Phi) is 4.57. The van der Waals surface area contributed by atoms with Crippen molar-refractivity contribution in [2.75, 3.05) is 12.4 Å². The minimum absolute atomic E-state index is 0.266. The van der Waals surface area contributed by atoms with Crippen LogP contribution in [0.1, 0.15) is 11.8 Å². The average molecular weight is 328 g/mol. The molecule has 0 radical (unpaired) electrons. The van der Waals surface area contributed by atoms with Crippen LogP contribution in [0, 0.1) is 5.82 Å². The van der Waals surface area contributed by atoms with Gasteiger partial charge in [0.2, 0.25) is 0 Å². The van der Waals surface area contributed by atoms with Gasteiger partial charge in [0.15, 0.2) is 5.13 Å². The Labute approximate surface area is 138 Å². The van der Waals surface area contributed by atoms with Gasteiger partial charge < -0.3 is 10.1 Å². The van der Waals surface area contributed by atoms with Crippen LogP contribution in [0.4, 0.5) is 15.2 Å². The first-order valence-corrected chi connectivity index (χ1v) is 8.18. The number of ether oxygens (including phenoxy) is 1. The Morgan fingerprint density at radius 1 is 1.17 bits per heavy atom. The summed E-state index contributed by atoms with van der Waals surface area (Å²) in [6.07, 6.45) is 0.893. The number of nitrogens with one attached hydrogen (secondary N) is 1. The first kappa shape index (κ1) is 15.5. The summed E-state index contributed by atoms with van der Waals surface area (Å²) < 4.78 is 18.5. The Morgan fingerprint density at radius 3 is 2.61 bits per heavy atom. The predicted molar refractivity (Wildman–Crippen MR) is 93.2 cm³/mol. The molecule has 118 valence electrons. The number of benzene rings is 2. The van der Waals surface area contributed by atoms with Gasteiger partial charge in [-0.1, -0.05) is 13.0 Å². The second-order valence-electron chi connectivity index (χ2n) is 5.01. The van der Waals surface area contributed by atoms with Crippen LogP contribution in [0.25, 0.3) is 11.3 Å². The maximum Gasteiger partial charge on any atom is 0.187 e. The summed E-state index contributed by atoms with van der Waals surface area (Å²) in [5.41, 5.74) is 2.70. The highest BCUT2D eigenvalue weighted by molar-refractivity contribution is 7.16. The molecule has 0 fully saturated rings. The van der Waals surface area contributed by atoms with Crippen molar-refractivity contribution in [3.05, 3.63) is 59.2 Å². The van der Waals surface area contributed by atoms with E-state index < -0.39 is 0 Å². The topological polar surface area (TPSA) is 34.2 Å². The van der Waals surface area contributed by atoms with E-state index >= 15 is 0 Å². The van der Waals surface area contributed by atoms with Gasteiger partial charge in [-0.15, -0.1) is 11.3 Å². The molecule has 0 unspecified atom stereocenters. The number of nitrogens with zero attached hydrogens (tertiary/aromatic N) is 1. The van der Waals surface area contributed by atoms with Crippen molar-refractivity contribution in [3.8, 4) is 17.0 Å². The molecule has 1 aromatic heterocycles. The van der Waals surface area contributed by atoms with Crippen molar-refractivity contribution in [3.63, 3.8) is 0 Å². The Hall–Kier alpha value is -2.40. The number of anilines is 2. The lowest BCUT2D eigenvalue weighted by Gasteiger charge is -2.03. The molecule has 23 heavy (non-hydrogen) atoms. The summed E-state index contributed by atoms with van der Waals surface area (Å²) in [5, 5.41) is 3.94. The molecule has 5 heteroatoms.